The summed E-state index contributed by atoms with van der Waals surface area (Å²) in [6.07, 6.45) is 4.57. The van der Waals surface area contributed by atoms with Crippen molar-refractivity contribution >= 4 is 0 Å². The SMILES string of the molecule is CC(C)(C)c1cccc(OCCCCN2CCC(CO)CC2)c1. The third-order valence-corrected chi connectivity index (χ3v) is 4.80. The summed E-state index contributed by atoms with van der Waals surface area (Å²) in [5.41, 5.74) is 1.49. The van der Waals surface area contributed by atoms with Gasteiger partial charge in [0.1, 0.15) is 5.75 Å². The maximum Gasteiger partial charge on any atom is 0.119 e. The molecule has 130 valence electrons. The fourth-order valence-corrected chi connectivity index (χ4v) is 3.07. The Morgan fingerprint density at radius 2 is 1.91 bits per heavy atom. The molecule has 0 aromatic heterocycles. The van der Waals surface area contributed by atoms with Crippen molar-refractivity contribution in [1.82, 2.24) is 4.90 Å². The van der Waals surface area contributed by atoms with Gasteiger partial charge in [0.05, 0.1) is 6.61 Å². The van der Waals surface area contributed by atoms with Crippen LogP contribution in [0.2, 0.25) is 0 Å². The average molecular weight is 319 g/mol. The molecule has 0 bridgehead atoms. The summed E-state index contributed by atoms with van der Waals surface area (Å²) in [6, 6.07) is 8.47. The Hall–Kier alpha value is -1.06. The largest absolute Gasteiger partial charge is 0.494 e. The van der Waals surface area contributed by atoms with E-state index in [2.05, 4.69) is 49.9 Å². The van der Waals surface area contributed by atoms with Crippen LogP contribution < -0.4 is 4.74 Å². The second kappa shape index (κ2) is 8.70. The maximum atomic E-state index is 9.17. The van der Waals surface area contributed by atoms with Gasteiger partial charge in [-0.1, -0.05) is 32.9 Å². The van der Waals surface area contributed by atoms with E-state index in [4.69, 9.17) is 9.84 Å². The van der Waals surface area contributed by atoms with Crippen molar-refractivity contribution in [2.75, 3.05) is 32.8 Å². The molecule has 1 aliphatic heterocycles. The number of unbranched alkanes of at least 4 members (excludes halogenated alkanes) is 1. The Morgan fingerprint density at radius 3 is 2.57 bits per heavy atom. The van der Waals surface area contributed by atoms with Crippen molar-refractivity contribution in [3.63, 3.8) is 0 Å². The van der Waals surface area contributed by atoms with Crippen LogP contribution in [0.4, 0.5) is 0 Å². The molecule has 0 unspecified atom stereocenters. The predicted octanol–water partition coefficient (Wildman–Crippen LogP) is 3.85. The first kappa shape index (κ1) is 18.3. The average Bonchev–Trinajstić information content (AvgIpc) is 2.54. The summed E-state index contributed by atoms with van der Waals surface area (Å²) >= 11 is 0. The lowest BCUT2D eigenvalue weighted by molar-refractivity contribution is 0.129. The van der Waals surface area contributed by atoms with E-state index in [9.17, 15) is 0 Å². The second-order valence-corrected chi connectivity index (χ2v) is 7.80. The molecule has 0 saturated carbocycles. The molecule has 1 fully saturated rings. The zero-order valence-electron chi connectivity index (χ0n) is 15.1. The number of hydrogen-bond donors (Lipinski definition) is 1. The van der Waals surface area contributed by atoms with Gasteiger partial charge in [-0.3, -0.25) is 0 Å². The molecular weight excluding hydrogens is 286 g/mol. The van der Waals surface area contributed by atoms with E-state index in [1.165, 1.54) is 12.0 Å². The third kappa shape index (κ3) is 6.15. The Kier molecular flexibility index (Phi) is 6.91. The number of ether oxygens (including phenoxy) is 1. The van der Waals surface area contributed by atoms with Gasteiger partial charge in [-0.2, -0.15) is 0 Å². The van der Waals surface area contributed by atoms with Crippen molar-refractivity contribution in [3.05, 3.63) is 29.8 Å². The molecule has 1 aliphatic rings. The molecule has 0 amide bonds. The van der Waals surface area contributed by atoms with Gasteiger partial charge in [0.25, 0.3) is 0 Å². The van der Waals surface area contributed by atoms with Gasteiger partial charge in [0.2, 0.25) is 0 Å². The smallest absolute Gasteiger partial charge is 0.119 e. The molecular formula is C20H33NO2. The normalized spacial score (nSPS) is 17.4. The molecule has 0 radical (unpaired) electrons. The standard InChI is InChI=1S/C20H33NO2/c1-20(2,3)18-7-6-8-19(15-18)23-14-5-4-11-21-12-9-17(16-22)10-13-21/h6-8,15,17,22H,4-5,9-14,16H2,1-3H3. The Bertz CT molecular complexity index is 459. The Balaban J connectivity index is 1.63. The van der Waals surface area contributed by atoms with Crippen LogP contribution in [0.3, 0.4) is 0 Å². The monoisotopic (exact) mass is 319 g/mol. The van der Waals surface area contributed by atoms with E-state index < -0.39 is 0 Å². The van der Waals surface area contributed by atoms with E-state index in [-0.39, 0.29) is 5.41 Å². The quantitative estimate of drug-likeness (QED) is 0.775. The molecule has 0 aliphatic carbocycles. The number of aliphatic hydroxyl groups excluding tert-OH is 1. The number of rotatable bonds is 7. The van der Waals surface area contributed by atoms with E-state index >= 15 is 0 Å². The highest BCUT2D eigenvalue weighted by Gasteiger charge is 2.17. The van der Waals surface area contributed by atoms with Gasteiger partial charge in [0, 0.05) is 6.61 Å². The van der Waals surface area contributed by atoms with E-state index in [1.807, 2.05) is 0 Å². The summed E-state index contributed by atoms with van der Waals surface area (Å²) < 4.78 is 5.91. The minimum Gasteiger partial charge on any atom is -0.494 e. The first-order chi connectivity index (χ1) is 11.0. The van der Waals surface area contributed by atoms with Gasteiger partial charge in [-0.25, -0.2) is 0 Å². The number of piperidine rings is 1. The number of hydrogen-bond acceptors (Lipinski definition) is 3. The predicted molar refractivity (Wildman–Crippen MR) is 96.1 cm³/mol. The fourth-order valence-electron chi connectivity index (χ4n) is 3.07. The fraction of sp³-hybridized carbons (Fsp3) is 0.700. The number of benzene rings is 1. The minimum absolute atomic E-state index is 0.167. The van der Waals surface area contributed by atoms with Crippen LogP contribution in [0.15, 0.2) is 24.3 Å². The minimum atomic E-state index is 0.167. The van der Waals surface area contributed by atoms with Crippen LogP contribution >= 0.6 is 0 Å². The van der Waals surface area contributed by atoms with Crippen molar-refractivity contribution in [2.24, 2.45) is 5.92 Å². The van der Waals surface area contributed by atoms with E-state index in [0.717, 1.165) is 51.3 Å². The number of aliphatic hydroxyl groups is 1. The number of likely N-dealkylation sites (tertiary alicyclic amines) is 1. The first-order valence-corrected chi connectivity index (χ1v) is 9.05. The summed E-state index contributed by atoms with van der Waals surface area (Å²) in [5.74, 6) is 1.52. The topological polar surface area (TPSA) is 32.7 Å². The van der Waals surface area contributed by atoms with Gasteiger partial charge in [-0.15, -0.1) is 0 Å². The van der Waals surface area contributed by atoms with Crippen molar-refractivity contribution in [2.45, 2.75) is 51.9 Å². The van der Waals surface area contributed by atoms with Gasteiger partial charge < -0.3 is 14.7 Å². The molecule has 1 N–H and O–H groups in total. The zero-order chi connectivity index (χ0) is 16.7. The number of nitrogens with zero attached hydrogens (tertiary/aromatic N) is 1. The van der Waals surface area contributed by atoms with Crippen LogP contribution in [0.1, 0.15) is 52.0 Å². The van der Waals surface area contributed by atoms with Crippen molar-refractivity contribution in [3.8, 4) is 5.75 Å². The van der Waals surface area contributed by atoms with Gasteiger partial charge in [0.15, 0.2) is 0 Å². The highest BCUT2D eigenvalue weighted by Crippen LogP contribution is 2.25. The highest BCUT2D eigenvalue weighted by atomic mass is 16.5. The molecule has 3 heteroatoms. The lowest BCUT2D eigenvalue weighted by Crippen LogP contribution is -2.35. The molecule has 1 aromatic carbocycles. The second-order valence-electron chi connectivity index (χ2n) is 7.80. The van der Waals surface area contributed by atoms with Crippen molar-refractivity contribution < 1.29 is 9.84 Å². The summed E-state index contributed by atoms with van der Waals surface area (Å²) in [6.45, 7) is 11.3. The summed E-state index contributed by atoms with van der Waals surface area (Å²) in [5, 5.41) is 9.17. The molecule has 1 saturated heterocycles. The molecule has 0 atom stereocenters. The zero-order valence-corrected chi connectivity index (χ0v) is 15.1. The Labute approximate surface area is 141 Å². The summed E-state index contributed by atoms with van der Waals surface area (Å²) in [7, 11) is 0. The van der Waals surface area contributed by atoms with Crippen LogP contribution in [-0.2, 0) is 5.41 Å². The van der Waals surface area contributed by atoms with Crippen molar-refractivity contribution in [1.29, 1.82) is 0 Å². The molecule has 2 rings (SSSR count). The highest BCUT2D eigenvalue weighted by molar-refractivity contribution is 5.32. The van der Waals surface area contributed by atoms with E-state index in [1.54, 1.807) is 0 Å². The molecule has 0 spiro atoms. The van der Waals surface area contributed by atoms with Crippen LogP contribution in [0.5, 0.6) is 5.75 Å². The van der Waals surface area contributed by atoms with Gasteiger partial charge in [-0.05, 0) is 74.3 Å². The lowest BCUT2D eigenvalue weighted by Gasteiger charge is -2.30. The molecule has 1 heterocycles. The molecule has 1 aromatic rings. The summed E-state index contributed by atoms with van der Waals surface area (Å²) in [4.78, 5) is 2.52. The van der Waals surface area contributed by atoms with Crippen LogP contribution in [0, 0.1) is 5.92 Å². The molecule has 3 nitrogen and oxygen atoms in total. The molecule has 23 heavy (non-hydrogen) atoms. The van der Waals surface area contributed by atoms with Crippen LogP contribution in [-0.4, -0.2) is 42.9 Å². The van der Waals surface area contributed by atoms with E-state index in [0.29, 0.717) is 12.5 Å². The van der Waals surface area contributed by atoms with Gasteiger partial charge >= 0.3 is 0 Å². The lowest BCUT2D eigenvalue weighted by atomic mass is 9.87. The van der Waals surface area contributed by atoms with Crippen LogP contribution in [0.25, 0.3) is 0 Å². The third-order valence-electron chi connectivity index (χ3n) is 4.80. The Morgan fingerprint density at radius 1 is 1.17 bits per heavy atom. The maximum absolute atomic E-state index is 9.17. The first-order valence-electron chi connectivity index (χ1n) is 9.05.